The van der Waals surface area contributed by atoms with Gasteiger partial charge in [-0.25, -0.2) is 0 Å². The Morgan fingerprint density at radius 3 is 3.11 bits per heavy atom. The van der Waals surface area contributed by atoms with Crippen LogP contribution in [0.15, 0.2) is 36.7 Å². The number of pyridine rings is 1. The summed E-state index contributed by atoms with van der Waals surface area (Å²) in [5.41, 5.74) is 1.52. The molecule has 100 valence electrons. The SMILES string of the molecule is CCC1(C)CN(c2cccc3ccncc23)CCN1. The van der Waals surface area contributed by atoms with Crippen molar-refractivity contribution < 1.29 is 0 Å². The van der Waals surface area contributed by atoms with Crippen molar-refractivity contribution in [2.75, 3.05) is 24.5 Å². The second-order valence-corrected chi connectivity index (χ2v) is 5.64. The van der Waals surface area contributed by atoms with Gasteiger partial charge in [0.25, 0.3) is 0 Å². The summed E-state index contributed by atoms with van der Waals surface area (Å²) in [5.74, 6) is 0. The third kappa shape index (κ3) is 2.30. The molecule has 1 aromatic heterocycles. The topological polar surface area (TPSA) is 28.2 Å². The van der Waals surface area contributed by atoms with Gasteiger partial charge >= 0.3 is 0 Å². The molecule has 19 heavy (non-hydrogen) atoms. The molecule has 1 atom stereocenters. The third-order valence-electron chi connectivity index (χ3n) is 4.25. The molecule has 0 saturated carbocycles. The quantitative estimate of drug-likeness (QED) is 0.894. The summed E-state index contributed by atoms with van der Waals surface area (Å²) in [5, 5.41) is 6.16. The summed E-state index contributed by atoms with van der Waals surface area (Å²) < 4.78 is 0. The maximum Gasteiger partial charge on any atom is 0.0462 e. The van der Waals surface area contributed by atoms with Gasteiger partial charge in [-0.3, -0.25) is 4.98 Å². The maximum absolute atomic E-state index is 4.28. The minimum Gasteiger partial charge on any atom is -0.368 e. The zero-order chi connectivity index (χ0) is 13.3. The normalized spacial score (nSPS) is 23.8. The average molecular weight is 255 g/mol. The van der Waals surface area contributed by atoms with Crippen LogP contribution in [-0.4, -0.2) is 30.2 Å². The van der Waals surface area contributed by atoms with Crippen LogP contribution in [0.5, 0.6) is 0 Å². The van der Waals surface area contributed by atoms with Gasteiger partial charge in [0.1, 0.15) is 0 Å². The number of hydrogen-bond acceptors (Lipinski definition) is 3. The van der Waals surface area contributed by atoms with Crippen LogP contribution in [0.1, 0.15) is 20.3 Å². The van der Waals surface area contributed by atoms with Crippen molar-refractivity contribution in [3.63, 3.8) is 0 Å². The van der Waals surface area contributed by atoms with E-state index in [-0.39, 0.29) is 5.54 Å². The Kier molecular flexibility index (Phi) is 3.15. The molecular weight excluding hydrogens is 234 g/mol. The van der Waals surface area contributed by atoms with Crippen molar-refractivity contribution in [1.29, 1.82) is 0 Å². The Morgan fingerprint density at radius 2 is 2.26 bits per heavy atom. The molecule has 0 amide bonds. The van der Waals surface area contributed by atoms with Crippen LogP contribution in [0.25, 0.3) is 10.8 Å². The predicted octanol–water partition coefficient (Wildman–Crippen LogP) is 2.81. The van der Waals surface area contributed by atoms with Gasteiger partial charge in [0.15, 0.2) is 0 Å². The fraction of sp³-hybridized carbons (Fsp3) is 0.438. The molecule has 1 unspecified atom stereocenters. The lowest BCUT2D eigenvalue weighted by Crippen LogP contribution is -2.58. The molecule has 1 fully saturated rings. The highest BCUT2D eigenvalue weighted by Gasteiger charge is 2.29. The van der Waals surface area contributed by atoms with Crippen molar-refractivity contribution in [3.8, 4) is 0 Å². The van der Waals surface area contributed by atoms with Gasteiger partial charge in [0, 0.05) is 48.6 Å². The summed E-state index contributed by atoms with van der Waals surface area (Å²) in [4.78, 5) is 6.77. The van der Waals surface area contributed by atoms with Crippen LogP contribution in [0.3, 0.4) is 0 Å². The lowest BCUT2D eigenvalue weighted by Gasteiger charge is -2.42. The molecule has 3 rings (SSSR count). The Labute approximate surface area is 114 Å². The first-order valence-corrected chi connectivity index (χ1v) is 7.04. The number of fused-ring (bicyclic) bond motifs is 1. The van der Waals surface area contributed by atoms with E-state index in [4.69, 9.17) is 0 Å². The number of piperazine rings is 1. The van der Waals surface area contributed by atoms with Crippen LogP contribution in [-0.2, 0) is 0 Å². The highest BCUT2D eigenvalue weighted by Crippen LogP contribution is 2.28. The van der Waals surface area contributed by atoms with Crippen molar-refractivity contribution in [2.45, 2.75) is 25.8 Å². The third-order valence-corrected chi connectivity index (χ3v) is 4.25. The van der Waals surface area contributed by atoms with Gasteiger partial charge in [-0.05, 0) is 30.9 Å². The van der Waals surface area contributed by atoms with Crippen molar-refractivity contribution >= 4 is 16.5 Å². The number of nitrogens with zero attached hydrogens (tertiary/aromatic N) is 2. The fourth-order valence-corrected chi connectivity index (χ4v) is 2.86. The molecule has 0 spiro atoms. The summed E-state index contributed by atoms with van der Waals surface area (Å²) >= 11 is 0. The van der Waals surface area contributed by atoms with Crippen LogP contribution in [0.4, 0.5) is 5.69 Å². The van der Waals surface area contributed by atoms with E-state index in [1.807, 2.05) is 12.4 Å². The van der Waals surface area contributed by atoms with Crippen LogP contribution >= 0.6 is 0 Å². The number of rotatable bonds is 2. The number of benzene rings is 1. The van der Waals surface area contributed by atoms with Crippen molar-refractivity contribution in [1.82, 2.24) is 10.3 Å². The molecule has 2 aromatic rings. The van der Waals surface area contributed by atoms with Crippen molar-refractivity contribution in [3.05, 3.63) is 36.7 Å². The molecule has 1 saturated heterocycles. The first-order valence-electron chi connectivity index (χ1n) is 7.04. The van der Waals surface area contributed by atoms with E-state index in [1.54, 1.807) is 0 Å². The second-order valence-electron chi connectivity index (χ2n) is 5.64. The van der Waals surface area contributed by atoms with Gasteiger partial charge in [-0.15, -0.1) is 0 Å². The maximum atomic E-state index is 4.28. The molecule has 1 aliphatic rings. The van der Waals surface area contributed by atoms with Crippen molar-refractivity contribution in [2.24, 2.45) is 0 Å². The highest BCUT2D eigenvalue weighted by atomic mass is 15.2. The van der Waals surface area contributed by atoms with E-state index in [2.05, 4.69) is 53.3 Å². The molecular formula is C16H21N3. The van der Waals surface area contributed by atoms with E-state index in [0.717, 1.165) is 26.1 Å². The number of nitrogens with one attached hydrogen (secondary N) is 1. The molecule has 1 aromatic carbocycles. The molecule has 2 heterocycles. The van der Waals surface area contributed by atoms with Crippen LogP contribution in [0, 0.1) is 0 Å². The lowest BCUT2D eigenvalue weighted by atomic mass is 9.95. The average Bonchev–Trinajstić information content (AvgIpc) is 2.47. The van der Waals surface area contributed by atoms with E-state index < -0.39 is 0 Å². The molecule has 1 aliphatic heterocycles. The van der Waals surface area contributed by atoms with Gasteiger partial charge in [0.05, 0.1) is 0 Å². The second kappa shape index (κ2) is 4.82. The van der Waals surface area contributed by atoms with E-state index >= 15 is 0 Å². The molecule has 0 bridgehead atoms. The Bertz CT molecular complexity index is 576. The minimum absolute atomic E-state index is 0.211. The zero-order valence-electron chi connectivity index (χ0n) is 11.7. The number of aromatic nitrogens is 1. The summed E-state index contributed by atoms with van der Waals surface area (Å²) in [6.07, 6.45) is 4.99. The van der Waals surface area contributed by atoms with Crippen LogP contribution in [0.2, 0.25) is 0 Å². The standard InChI is InChI=1S/C16H21N3/c1-3-16(2)12-19(10-9-18-16)15-6-4-5-13-7-8-17-11-14(13)15/h4-8,11,18H,3,9-10,12H2,1-2H3. The Balaban J connectivity index is 2.00. The van der Waals surface area contributed by atoms with Crippen LogP contribution < -0.4 is 10.2 Å². The smallest absolute Gasteiger partial charge is 0.0462 e. The number of hydrogen-bond donors (Lipinski definition) is 1. The summed E-state index contributed by atoms with van der Waals surface area (Å²) in [6, 6.07) is 8.59. The van der Waals surface area contributed by atoms with E-state index in [0.29, 0.717) is 0 Å². The summed E-state index contributed by atoms with van der Waals surface area (Å²) in [7, 11) is 0. The lowest BCUT2D eigenvalue weighted by molar-refractivity contribution is 0.314. The monoisotopic (exact) mass is 255 g/mol. The number of anilines is 1. The predicted molar refractivity (Wildman–Crippen MR) is 80.7 cm³/mol. The molecule has 1 N–H and O–H groups in total. The van der Waals surface area contributed by atoms with Gasteiger partial charge in [-0.1, -0.05) is 19.1 Å². The minimum atomic E-state index is 0.211. The molecule has 3 nitrogen and oxygen atoms in total. The van der Waals surface area contributed by atoms with Gasteiger partial charge in [-0.2, -0.15) is 0 Å². The fourth-order valence-electron chi connectivity index (χ4n) is 2.86. The molecule has 0 radical (unpaired) electrons. The largest absolute Gasteiger partial charge is 0.368 e. The molecule has 0 aliphatic carbocycles. The highest BCUT2D eigenvalue weighted by molar-refractivity contribution is 5.93. The first kappa shape index (κ1) is 12.4. The first-order chi connectivity index (χ1) is 9.22. The zero-order valence-corrected chi connectivity index (χ0v) is 11.7. The van der Waals surface area contributed by atoms with E-state index in [9.17, 15) is 0 Å². The Morgan fingerprint density at radius 1 is 1.37 bits per heavy atom. The molecule has 3 heteroatoms. The van der Waals surface area contributed by atoms with E-state index in [1.165, 1.54) is 16.5 Å². The summed E-state index contributed by atoms with van der Waals surface area (Å²) in [6.45, 7) is 7.71. The van der Waals surface area contributed by atoms with Gasteiger partial charge in [0.2, 0.25) is 0 Å². The Hall–Kier alpha value is -1.61. The van der Waals surface area contributed by atoms with Gasteiger partial charge < -0.3 is 10.2 Å².